The maximum absolute atomic E-state index is 12.9. The van der Waals surface area contributed by atoms with E-state index in [1.54, 1.807) is 6.26 Å². The summed E-state index contributed by atoms with van der Waals surface area (Å²) in [5.74, 6) is 0.410. The first-order valence-electron chi connectivity index (χ1n) is 10.8. The standard InChI is InChI=1S/C25H31N3O2/c1-17(2)20-15-21-19(16-30-24(21)13-18(20)3)14-25(29)26-22-7-5-6-8-23(22)28-11-9-27(4)10-12-28/h5-8,13,15-17H,9-12,14H2,1-4H3,(H,26,29). The summed E-state index contributed by atoms with van der Waals surface area (Å²) < 4.78 is 5.75. The Bertz CT molecular complexity index is 1050. The number of hydrogen-bond acceptors (Lipinski definition) is 4. The van der Waals surface area contributed by atoms with Gasteiger partial charge in [-0.25, -0.2) is 0 Å². The first kappa shape index (κ1) is 20.5. The molecule has 5 heteroatoms. The van der Waals surface area contributed by atoms with Crippen LogP contribution in [0.3, 0.4) is 0 Å². The van der Waals surface area contributed by atoms with Crippen LogP contribution in [0.1, 0.15) is 36.5 Å². The van der Waals surface area contributed by atoms with Crippen molar-refractivity contribution in [2.75, 3.05) is 43.4 Å². The summed E-state index contributed by atoms with van der Waals surface area (Å²) in [5, 5.41) is 4.17. The lowest BCUT2D eigenvalue weighted by Crippen LogP contribution is -2.44. The Morgan fingerprint density at radius 3 is 2.60 bits per heavy atom. The monoisotopic (exact) mass is 405 g/mol. The molecule has 0 saturated carbocycles. The zero-order valence-electron chi connectivity index (χ0n) is 18.4. The molecule has 2 aromatic carbocycles. The number of likely N-dealkylation sites (N-methyl/N-ethyl adjacent to an activating group) is 1. The minimum atomic E-state index is -0.0223. The number of rotatable bonds is 5. The largest absolute Gasteiger partial charge is 0.464 e. The Morgan fingerprint density at radius 2 is 1.87 bits per heavy atom. The van der Waals surface area contributed by atoms with Gasteiger partial charge in [0.15, 0.2) is 0 Å². The highest BCUT2D eigenvalue weighted by Crippen LogP contribution is 2.30. The summed E-state index contributed by atoms with van der Waals surface area (Å²) >= 11 is 0. The molecular formula is C25H31N3O2. The van der Waals surface area contributed by atoms with Crippen LogP contribution >= 0.6 is 0 Å². The molecule has 0 radical (unpaired) electrons. The third-order valence-electron chi connectivity index (χ3n) is 6.04. The second kappa shape index (κ2) is 8.52. The molecule has 0 unspecified atom stereocenters. The molecule has 1 aliphatic rings. The Hall–Kier alpha value is -2.79. The van der Waals surface area contributed by atoms with Crippen LogP contribution in [0.4, 0.5) is 11.4 Å². The van der Waals surface area contributed by atoms with Gasteiger partial charge in [0.1, 0.15) is 5.58 Å². The highest BCUT2D eigenvalue weighted by Gasteiger charge is 2.19. The van der Waals surface area contributed by atoms with E-state index in [2.05, 4.69) is 61.1 Å². The second-order valence-electron chi connectivity index (χ2n) is 8.65. The average molecular weight is 406 g/mol. The van der Waals surface area contributed by atoms with Crippen molar-refractivity contribution in [3.8, 4) is 0 Å². The van der Waals surface area contributed by atoms with E-state index in [9.17, 15) is 4.79 Å². The maximum atomic E-state index is 12.9. The minimum Gasteiger partial charge on any atom is -0.464 e. The smallest absolute Gasteiger partial charge is 0.228 e. The van der Waals surface area contributed by atoms with Crippen molar-refractivity contribution in [2.45, 2.75) is 33.1 Å². The zero-order valence-corrected chi connectivity index (χ0v) is 18.4. The highest BCUT2D eigenvalue weighted by atomic mass is 16.3. The Labute approximate surface area is 178 Å². The lowest BCUT2D eigenvalue weighted by Gasteiger charge is -2.35. The van der Waals surface area contributed by atoms with Crippen molar-refractivity contribution in [1.82, 2.24) is 4.90 Å². The zero-order chi connectivity index (χ0) is 21.3. The van der Waals surface area contributed by atoms with E-state index in [1.807, 2.05) is 18.2 Å². The fraction of sp³-hybridized carbons (Fsp3) is 0.400. The number of furan rings is 1. The average Bonchev–Trinajstić information content (AvgIpc) is 3.09. The maximum Gasteiger partial charge on any atom is 0.228 e. The quantitative estimate of drug-likeness (QED) is 0.663. The molecule has 0 spiro atoms. The molecule has 0 bridgehead atoms. The SMILES string of the molecule is Cc1cc2occ(CC(=O)Nc3ccccc3N3CCN(C)CC3)c2cc1C(C)C. The number of fused-ring (bicyclic) bond motifs is 1. The molecule has 1 fully saturated rings. The summed E-state index contributed by atoms with van der Waals surface area (Å²) in [5.41, 5.74) is 6.27. The lowest BCUT2D eigenvalue weighted by molar-refractivity contribution is -0.115. The molecule has 1 saturated heterocycles. The van der Waals surface area contributed by atoms with Crippen molar-refractivity contribution in [1.29, 1.82) is 0 Å². The summed E-state index contributed by atoms with van der Waals surface area (Å²) in [6.07, 6.45) is 2.02. The molecule has 1 aliphatic heterocycles. The number of hydrogen-bond donors (Lipinski definition) is 1. The number of para-hydroxylation sites is 2. The topological polar surface area (TPSA) is 48.7 Å². The molecule has 1 aromatic heterocycles. The van der Waals surface area contributed by atoms with Gasteiger partial charge in [-0.3, -0.25) is 4.79 Å². The molecule has 30 heavy (non-hydrogen) atoms. The van der Waals surface area contributed by atoms with Gasteiger partial charge in [-0.2, -0.15) is 0 Å². The van der Waals surface area contributed by atoms with Gasteiger partial charge < -0.3 is 19.5 Å². The first-order chi connectivity index (χ1) is 14.4. The van der Waals surface area contributed by atoms with E-state index < -0.39 is 0 Å². The van der Waals surface area contributed by atoms with Crippen molar-refractivity contribution in [2.24, 2.45) is 0 Å². The fourth-order valence-corrected chi connectivity index (χ4v) is 4.27. The predicted molar refractivity (Wildman–Crippen MR) is 124 cm³/mol. The van der Waals surface area contributed by atoms with Crippen molar-refractivity contribution in [3.63, 3.8) is 0 Å². The molecule has 4 rings (SSSR count). The number of aryl methyl sites for hydroxylation is 1. The van der Waals surface area contributed by atoms with Crippen LogP contribution in [0.25, 0.3) is 11.0 Å². The third-order valence-corrected chi connectivity index (χ3v) is 6.04. The summed E-state index contributed by atoms with van der Waals surface area (Å²) in [7, 11) is 2.15. The van der Waals surface area contributed by atoms with Crippen LogP contribution in [0.2, 0.25) is 0 Å². The number of anilines is 2. The van der Waals surface area contributed by atoms with Gasteiger partial charge in [-0.05, 0) is 55.3 Å². The molecule has 0 aliphatic carbocycles. The molecule has 0 atom stereocenters. The highest BCUT2D eigenvalue weighted by molar-refractivity contribution is 5.98. The van der Waals surface area contributed by atoms with Crippen LogP contribution in [0, 0.1) is 6.92 Å². The Morgan fingerprint density at radius 1 is 1.13 bits per heavy atom. The molecular weight excluding hydrogens is 374 g/mol. The van der Waals surface area contributed by atoms with Crippen LogP contribution in [0.15, 0.2) is 47.1 Å². The van der Waals surface area contributed by atoms with Gasteiger partial charge in [0.05, 0.1) is 24.1 Å². The van der Waals surface area contributed by atoms with Gasteiger partial charge >= 0.3 is 0 Å². The van der Waals surface area contributed by atoms with Crippen molar-refractivity contribution >= 4 is 28.3 Å². The number of amides is 1. The first-order valence-corrected chi connectivity index (χ1v) is 10.8. The number of benzene rings is 2. The van der Waals surface area contributed by atoms with Crippen LogP contribution < -0.4 is 10.2 Å². The third kappa shape index (κ3) is 4.21. The minimum absolute atomic E-state index is 0.0223. The van der Waals surface area contributed by atoms with E-state index >= 15 is 0 Å². The number of carbonyl (C=O) groups is 1. The predicted octanol–water partition coefficient (Wildman–Crippen LogP) is 4.80. The van der Waals surface area contributed by atoms with E-state index in [-0.39, 0.29) is 5.91 Å². The van der Waals surface area contributed by atoms with Gasteiger partial charge in [-0.15, -0.1) is 0 Å². The normalized spacial score (nSPS) is 15.2. The van der Waals surface area contributed by atoms with Gasteiger partial charge in [0.2, 0.25) is 5.91 Å². The van der Waals surface area contributed by atoms with Crippen LogP contribution in [-0.4, -0.2) is 44.0 Å². The van der Waals surface area contributed by atoms with E-state index in [1.165, 1.54) is 11.1 Å². The summed E-state index contributed by atoms with van der Waals surface area (Å²) in [6, 6.07) is 12.3. The molecule has 5 nitrogen and oxygen atoms in total. The Kier molecular flexibility index (Phi) is 5.82. The van der Waals surface area contributed by atoms with Gasteiger partial charge in [0, 0.05) is 37.1 Å². The van der Waals surface area contributed by atoms with Crippen molar-refractivity contribution in [3.05, 3.63) is 59.4 Å². The number of carbonyl (C=O) groups excluding carboxylic acids is 1. The van der Waals surface area contributed by atoms with E-state index in [0.717, 1.165) is 54.1 Å². The molecule has 1 N–H and O–H groups in total. The molecule has 2 heterocycles. The fourth-order valence-electron chi connectivity index (χ4n) is 4.27. The molecule has 1 amide bonds. The second-order valence-corrected chi connectivity index (χ2v) is 8.65. The van der Waals surface area contributed by atoms with Gasteiger partial charge in [0.25, 0.3) is 0 Å². The molecule has 3 aromatic rings. The summed E-state index contributed by atoms with van der Waals surface area (Å²) in [4.78, 5) is 17.6. The molecule has 158 valence electrons. The van der Waals surface area contributed by atoms with Gasteiger partial charge in [-0.1, -0.05) is 26.0 Å². The number of piperazine rings is 1. The number of nitrogens with zero attached hydrogens (tertiary/aromatic N) is 2. The summed E-state index contributed by atoms with van der Waals surface area (Å²) in [6.45, 7) is 10.5. The van der Waals surface area contributed by atoms with E-state index in [4.69, 9.17) is 4.42 Å². The van der Waals surface area contributed by atoms with E-state index in [0.29, 0.717) is 12.3 Å². The van der Waals surface area contributed by atoms with Crippen LogP contribution in [-0.2, 0) is 11.2 Å². The number of nitrogens with one attached hydrogen (secondary N) is 1. The Balaban J connectivity index is 1.53. The van der Waals surface area contributed by atoms with Crippen molar-refractivity contribution < 1.29 is 9.21 Å². The van der Waals surface area contributed by atoms with Crippen LogP contribution in [0.5, 0.6) is 0 Å². The lowest BCUT2D eigenvalue weighted by atomic mass is 9.95.